The fourth-order valence-electron chi connectivity index (χ4n) is 2.97. The van der Waals surface area contributed by atoms with Crippen molar-refractivity contribution in [2.45, 2.75) is 33.4 Å². The van der Waals surface area contributed by atoms with Crippen LogP contribution >= 0.6 is 0 Å². The van der Waals surface area contributed by atoms with Gasteiger partial charge in [-0.05, 0) is 49.4 Å². The van der Waals surface area contributed by atoms with Crippen LogP contribution < -0.4 is 0 Å². The molecular formula is C19H20FN5O3. The Bertz CT molecular complexity index is 1010. The number of carbonyl (C=O) groups is 2. The molecule has 3 rings (SSSR count). The molecule has 2 heterocycles. The van der Waals surface area contributed by atoms with Gasteiger partial charge >= 0.3 is 5.97 Å². The number of methoxy groups -OCH3 is 1. The van der Waals surface area contributed by atoms with Gasteiger partial charge in [0.1, 0.15) is 12.4 Å². The van der Waals surface area contributed by atoms with Gasteiger partial charge in [-0.2, -0.15) is 4.80 Å². The number of nitrogens with zero attached hydrogens (tertiary/aromatic N) is 5. The molecule has 0 N–H and O–H groups in total. The lowest BCUT2D eigenvalue weighted by atomic mass is 10.1. The summed E-state index contributed by atoms with van der Waals surface area (Å²) in [5, 5.41) is 12.0. The number of hydrogen-bond acceptors (Lipinski definition) is 6. The first-order valence-corrected chi connectivity index (χ1v) is 8.69. The first-order chi connectivity index (χ1) is 13.4. The molecule has 8 nitrogen and oxygen atoms in total. The van der Waals surface area contributed by atoms with Gasteiger partial charge in [0.05, 0.1) is 13.5 Å². The largest absolute Gasteiger partial charge is 0.469 e. The average molecular weight is 385 g/mol. The third-order valence-corrected chi connectivity index (χ3v) is 4.48. The molecule has 0 saturated carbocycles. The number of aryl methyl sites for hydroxylation is 1. The minimum atomic E-state index is -0.353. The quantitative estimate of drug-likeness (QED) is 0.458. The monoisotopic (exact) mass is 385 g/mol. The molecule has 0 spiro atoms. The van der Waals surface area contributed by atoms with E-state index in [4.69, 9.17) is 0 Å². The van der Waals surface area contributed by atoms with E-state index in [1.165, 1.54) is 24.0 Å². The smallest absolute Gasteiger partial charge is 0.307 e. The highest BCUT2D eigenvalue weighted by atomic mass is 19.1. The van der Waals surface area contributed by atoms with Crippen LogP contribution in [0.1, 0.15) is 28.2 Å². The van der Waals surface area contributed by atoms with E-state index < -0.39 is 0 Å². The molecule has 1 aromatic carbocycles. The summed E-state index contributed by atoms with van der Waals surface area (Å²) in [6.45, 7) is 4.07. The van der Waals surface area contributed by atoms with Crippen molar-refractivity contribution in [1.29, 1.82) is 0 Å². The molecule has 28 heavy (non-hydrogen) atoms. The average Bonchev–Trinajstić information content (AvgIpc) is 3.25. The number of carbonyl (C=O) groups excluding carboxylic acids is 2. The van der Waals surface area contributed by atoms with Crippen LogP contribution in [0.5, 0.6) is 0 Å². The normalized spacial score (nSPS) is 10.9. The Morgan fingerprint density at radius 2 is 1.89 bits per heavy atom. The number of halogens is 1. The number of ketones is 1. The van der Waals surface area contributed by atoms with Crippen molar-refractivity contribution in [2.75, 3.05) is 7.11 Å². The number of aromatic nitrogens is 5. The fourth-order valence-corrected chi connectivity index (χ4v) is 2.97. The van der Waals surface area contributed by atoms with Crippen LogP contribution in [-0.4, -0.2) is 43.6 Å². The molecule has 0 bridgehead atoms. The molecule has 0 saturated heterocycles. The number of tetrazole rings is 1. The fraction of sp³-hybridized carbons (Fsp3) is 0.316. The van der Waals surface area contributed by atoms with E-state index >= 15 is 0 Å². The van der Waals surface area contributed by atoms with Gasteiger partial charge in [-0.15, -0.1) is 10.2 Å². The van der Waals surface area contributed by atoms with E-state index in [1.807, 2.05) is 18.4 Å². The van der Waals surface area contributed by atoms with Crippen molar-refractivity contribution < 1.29 is 18.7 Å². The number of ether oxygens (including phenoxy) is 1. The molecule has 0 aliphatic heterocycles. The SMILES string of the molecule is COC(=O)CCn1c(C)cc(C(=O)Cn2nnc(-c3ccc(F)cc3)n2)c1C. The molecular weight excluding hydrogens is 365 g/mol. The third-order valence-electron chi connectivity index (χ3n) is 4.48. The van der Waals surface area contributed by atoms with Crippen molar-refractivity contribution in [2.24, 2.45) is 0 Å². The van der Waals surface area contributed by atoms with E-state index in [2.05, 4.69) is 20.1 Å². The number of rotatable bonds is 7. The maximum absolute atomic E-state index is 13.0. The Labute approximate surface area is 160 Å². The zero-order valence-electron chi connectivity index (χ0n) is 15.8. The lowest BCUT2D eigenvalue weighted by molar-refractivity contribution is -0.140. The predicted molar refractivity (Wildman–Crippen MR) is 98.1 cm³/mol. The van der Waals surface area contributed by atoms with Gasteiger partial charge in [-0.25, -0.2) is 4.39 Å². The number of Topliss-reactive ketones (excluding diaryl/α,β-unsaturated/α-hetero) is 1. The molecule has 9 heteroatoms. The molecule has 146 valence electrons. The first-order valence-electron chi connectivity index (χ1n) is 8.69. The number of hydrogen-bond donors (Lipinski definition) is 0. The molecule has 2 aromatic heterocycles. The topological polar surface area (TPSA) is 91.9 Å². The highest BCUT2D eigenvalue weighted by Gasteiger charge is 2.18. The summed E-state index contributed by atoms with van der Waals surface area (Å²) in [4.78, 5) is 25.3. The maximum atomic E-state index is 13.0. The second-order valence-electron chi connectivity index (χ2n) is 6.34. The van der Waals surface area contributed by atoms with Crippen molar-refractivity contribution in [3.63, 3.8) is 0 Å². The van der Waals surface area contributed by atoms with Crippen LogP contribution in [0.2, 0.25) is 0 Å². The molecule has 3 aromatic rings. The third kappa shape index (κ3) is 4.13. The minimum Gasteiger partial charge on any atom is -0.469 e. The Kier molecular flexibility index (Phi) is 5.62. The van der Waals surface area contributed by atoms with Crippen molar-refractivity contribution in [3.8, 4) is 11.4 Å². The minimum absolute atomic E-state index is 0.0739. The molecule has 0 atom stereocenters. The molecule has 0 amide bonds. The Hall–Kier alpha value is -3.36. The van der Waals surface area contributed by atoms with Gasteiger partial charge in [-0.3, -0.25) is 9.59 Å². The Morgan fingerprint density at radius 1 is 1.18 bits per heavy atom. The Balaban J connectivity index is 1.73. The second kappa shape index (κ2) is 8.12. The van der Waals surface area contributed by atoms with Crippen LogP contribution in [0.4, 0.5) is 4.39 Å². The highest BCUT2D eigenvalue weighted by Crippen LogP contribution is 2.18. The molecule has 0 aliphatic rings. The summed E-state index contributed by atoms with van der Waals surface area (Å²) < 4.78 is 19.6. The standard InChI is InChI=1S/C19H20FN5O3/c1-12-10-16(13(2)24(12)9-8-18(27)28-3)17(26)11-25-22-19(21-23-25)14-4-6-15(20)7-5-14/h4-7,10H,8-9,11H2,1-3H3. The highest BCUT2D eigenvalue weighted by molar-refractivity contribution is 5.97. The zero-order valence-corrected chi connectivity index (χ0v) is 15.8. The summed E-state index contributed by atoms with van der Waals surface area (Å²) in [6.07, 6.45) is 0.228. The van der Waals surface area contributed by atoms with Crippen molar-refractivity contribution in [1.82, 2.24) is 24.8 Å². The van der Waals surface area contributed by atoms with Crippen LogP contribution in [-0.2, 0) is 22.6 Å². The molecule has 0 fully saturated rings. The van der Waals surface area contributed by atoms with Crippen molar-refractivity contribution >= 4 is 11.8 Å². The first kappa shape index (κ1) is 19.4. The van der Waals surface area contributed by atoms with E-state index in [-0.39, 0.29) is 30.5 Å². The summed E-state index contributed by atoms with van der Waals surface area (Å²) >= 11 is 0. The summed E-state index contributed by atoms with van der Waals surface area (Å²) in [6, 6.07) is 7.50. The zero-order chi connectivity index (χ0) is 20.3. The Morgan fingerprint density at radius 3 is 2.57 bits per heavy atom. The van der Waals surface area contributed by atoms with E-state index in [0.29, 0.717) is 23.5 Å². The summed E-state index contributed by atoms with van der Waals surface area (Å²) in [5.74, 6) is -0.508. The van der Waals surface area contributed by atoms with Crippen LogP contribution in [0.3, 0.4) is 0 Å². The van der Waals surface area contributed by atoms with Gasteiger partial charge in [0.15, 0.2) is 5.78 Å². The predicted octanol–water partition coefficient (Wildman–Crippen LogP) is 2.34. The van der Waals surface area contributed by atoms with E-state index in [9.17, 15) is 14.0 Å². The summed E-state index contributed by atoms with van der Waals surface area (Å²) in [5.41, 5.74) is 2.80. The van der Waals surface area contributed by atoms with Gasteiger partial charge in [0.2, 0.25) is 5.82 Å². The maximum Gasteiger partial charge on any atom is 0.307 e. The number of esters is 1. The molecule has 0 aliphatic carbocycles. The van der Waals surface area contributed by atoms with Gasteiger partial charge in [0.25, 0.3) is 0 Å². The van der Waals surface area contributed by atoms with Crippen molar-refractivity contribution in [3.05, 3.63) is 53.1 Å². The van der Waals surface area contributed by atoms with Crippen LogP contribution in [0.25, 0.3) is 11.4 Å². The van der Waals surface area contributed by atoms with Gasteiger partial charge in [0, 0.05) is 29.1 Å². The molecule has 0 radical (unpaired) electrons. The molecule has 0 unspecified atom stereocenters. The van der Waals surface area contributed by atoms with E-state index in [0.717, 1.165) is 11.4 Å². The summed E-state index contributed by atoms with van der Waals surface area (Å²) in [7, 11) is 1.35. The lowest BCUT2D eigenvalue weighted by Gasteiger charge is -2.08. The second-order valence-corrected chi connectivity index (χ2v) is 6.34. The van der Waals surface area contributed by atoms with Crippen LogP contribution in [0.15, 0.2) is 30.3 Å². The number of benzene rings is 1. The lowest BCUT2D eigenvalue weighted by Crippen LogP contribution is -2.15. The van der Waals surface area contributed by atoms with Gasteiger partial charge in [-0.1, -0.05) is 0 Å². The van der Waals surface area contributed by atoms with Crippen LogP contribution in [0, 0.1) is 19.7 Å². The van der Waals surface area contributed by atoms with E-state index in [1.54, 1.807) is 18.2 Å². The van der Waals surface area contributed by atoms with Gasteiger partial charge < -0.3 is 9.30 Å².